The molecule has 166 valence electrons. The SMILES string of the molecule is NC(=O)C(=Cc1ccc(F)c(F)c1)c1ccc(OCC(O)CNCc2ccccc2)cc1. The molecule has 0 aliphatic carbocycles. The summed E-state index contributed by atoms with van der Waals surface area (Å²) in [5, 5.41) is 13.3. The lowest BCUT2D eigenvalue weighted by molar-refractivity contribution is -0.112. The van der Waals surface area contributed by atoms with E-state index in [9.17, 15) is 18.7 Å². The van der Waals surface area contributed by atoms with Crippen LogP contribution >= 0.6 is 0 Å². The highest BCUT2D eigenvalue weighted by Gasteiger charge is 2.11. The number of aliphatic hydroxyl groups excluding tert-OH is 1. The van der Waals surface area contributed by atoms with E-state index in [0.717, 1.165) is 17.7 Å². The fourth-order valence-corrected chi connectivity index (χ4v) is 3.03. The highest BCUT2D eigenvalue weighted by atomic mass is 19.2. The molecule has 4 N–H and O–H groups in total. The molecule has 0 saturated heterocycles. The highest BCUT2D eigenvalue weighted by molar-refractivity contribution is 6.23. The van der Waals surface area contributed by atoms with Crippen molar-refractivity contribution >= 4 is 17.6 Å². The number of nitrogens with two attached hydrogens (primary N) is 1. The molecule has 1 atom stereocenters. The Kier molecular flexibility index (Phi) is 8.08. The van der Waals surface area contributed by atoms with Gasteiger partial charge < -0.3 is 20.9 Å². The topological polar surface area (TPSA) is 84.6 Å². The maximum absolute atomic E-state index is 13.4. The van der Waals surface area contributed by atoms with Gasteiger partial charge in [-0.3, -0.25) is 4.79 Å². The molecular weight excluding hydrogens is 414 g/mol. The maximum atomic E-state index is 13.4. The monoisotopic (exact) mass is 438 g/mol. The molecule has 0 saturated carbocycles. The molecule has 5 nitrogen and oxygen atoms in total. The zero-order chi connectivity index (χ0) is 22.9. The molecule has 3 aromatic carbocycles. The summed E-state index contributed by atoms with van der Waals surface area (Å²) in [4.78, 5) is 11.9. The Morgan fingerprint density at radius 1 is 1.03 bits per heavy atom. The maximum Gasteiger partial charge on any atom is 0.249 e. The van der Waals surface area contributed by atoms with Crippen molar-refractivity contribution in [3.8, 4) is 5.75 Å². The van der Waals surface area contributed by atoms with Gasteiger partial charge in [0.2, 0.25) is 5.91 Å². The summed E-state index contributed by atoms with van der Waals surface area (Å²) in [6, 6.07) is 19.7. The van der Waals surface area contributed by atoms with Gasteiger partial charge in [0.15, 0.2) is 11.6 Å². The summed E-state index contributed by atoms with van der Waals surface area (Å²) in [5.41, 5.74) is 7.54. The van der Waals surface area contributed by atoms with Gasteiger partial charge in [-0.05, 0) is 47.0 Å². The van der Waals surface area contributed by atoms with Crippen LogP contribution < -0.4 is 15.8 Å². The second-order valence-corrected chi connectivity index (χ2v) is 7.20. The van der Waals surface area contributed by atoms with Crippen LogP contribution in [0.1, 0.15) is 16.7 Å². The number of ether oxygens (including phenoxy) is 1. The number of halogens is 2. The summed E-state index contributed by atoms with van der Waals surface area (Å²) < 4.78 is 32.1. The lowest BCUT2D eigenvalue weighted by Gasteiger charge is -2.14. The van der Waals surface area contributed by atoms with Crippen LogP contribution in [-0.4, -0.2) is 30.3 Å². The van der Waals surface area contributed by atoms with E-state index in [-0.39, 0.29) is 12.2 Å². The number of hydrogen-bond donors (Lipinski definition) is 3. The van der Waals surface area contributed by atoms with Crippen molar-refractivity contribution in [3.63, 3.8) is 0 Å². The number of nitrogens with one attached hydrogen (secondary N) is 1. The second kappa shape index (κ2) is 11.2. The van der Waals surface area contributed by atoms with Gasteiger partial charge in [-0.25, -0.2) is 8.78 Å². The predicted molar refractivity (Wildman–Crippen MR) is 120 cm³/mol. The summed E-state index contributed by atoms with van der Waals surface area (Å²) in [5.74, 6) is -2.18. The van der Waals surface area contributed by atoms with Gasteiger partial charge in [0.1, 0.15) is 18.5 Å². The van der Waals surface area contributed by atoms with E-state index < -0.39 is 23.6 Å². The zero-order valence-electron chi connectivity index (χ0n) is 17.3. The average molecular weight is 438 g/mol. The molecule has 0 radical (unpaired) electrons. The highest BCUT2D eigenvalue weighted by Crippen LogP contribution is 2.22. The Hall–Kier alpha value is -3.55. The van der Waals surface area contributed by atoms with E-state index in [1.165, 1.54) is 12.1 Å². The lowest BCUT2D eigenvalue weighted by Crippen LogP contribution is -2.31. The quantitative estimate of drug-likeness (QED) is 0.334. The number of rotatable bonds is 10. The second-order valence-electron chi connectivity index (χ2n) is 7.20. The van der Waals surface area contributed by atoms with Gasteiger partial charge in [-0.15, -0.1) is 0 Å². The molecule has 1 amide bonds. The van der Waals surface area contributed by atoms with Crippen molar-refractivity contribution in [2.24, 2.45) is 5.73 Å². The van der Waals surface area contributed by atoms with Crippen LogP contribution in [0.2, 0.25) is 0 Å². The van der Waals surface area contributed by atoms with Gasteiger partial charge in [0.25, 0.3) is 0 Å². The molecule has 0 aliphatic rings. The molecule has 0 aromatic heterocycles. The van der Waals surface area contributed by atoms with E-state index in [2.05, 4.69) is 5.32 Å². The Bertz CT molecular complexity index is 1070. The molecule has 0 bridgehead atoms. The van der Waals surface area contributed by atoms with Crippen LogP contribution in [0.4, 0.5) is 8.78 Å². The van der Waals surface area contributed by atoms with Crippen molar-refractivity contribution in [1.29, 1.82) is 0 Å². The summed E-state index contributed by atoms with van der Waals surface area (Å²) in [7, 11) is 0. The Morgan fingerprint density at radius 2 is 1.75 bits per heavy atom. The van der Waals surface area contributed by atoms with Crippen molar-refractivity contribution in [3.05, 3.63) is 101 Å². The first-order valence-electron chi connectivity index (χ1n) is 10.0. The minimum absolute atomic E-state index is 0.0918. The number of carbonyl (C=O) groups excluding carboxylic acids is 1. The van der Waals surface area contributed by atoms with Gasteiger partial charge in [-0.1, -0.05) is 48.5 Å². The van der Waals surface area contributed by atoms with Crippen LogP contribution in [-0.2, 0) is 11.3 Å². The first-order chi connectivity index (χ1) is 15.4. The number of aliphatic hydroxyl groups is 1. The number of hydrogen-bond acceptors (Lipinski definition) is 4. The van der Waals surface area contributed by atoms with Gasteiger partial charge >= 0.3 is 0 Å². The minimum atomic E-state index is -1.01. The molecule has 32 heavy (non-hydrogen) atoms. The van der Waals surface area contributed by atoms with Crippen LogP contribution in [0.3, 0.4) is 0 Å². The van der Waals surface area contributed by atoms with Crippen molar-refractivity contribution < 1.29 is 23.4 Å². The molecule has 0 aliphatic heterocycles. The minimum Gasteiger partial charge on any atom is -0.491 e. The van der Waals surface area contributed by atoms with E-state index in [1.807, 2.05) is 30.3 Å². The molecular formula is C25H24F2N2O3. The van der Waals surface area contributed by atoms with Crippen LogP contribution in [0.15, 0.2) is 72.8 Å². The predicted octanol–water partition coefficient (Wildman–Crippen LogP) is 3.52. The largest absolute Gasteiger partial charge is 0.491 e. The molecule has 3 rings (SSSR count). The fraction of sp³-hybridized carbons (Fsp3) is 0.160. The Labute approximate surface area is 185 Å². The molecule has 0 heterocycles. The van der Waals surface area contributed by atoms with Crippen LogP contribution in [0.25, 0.3) is 11.6 Å². The van der Waals surface area contributed by atoms with Gasteiger partial charge in [0.05, 0.1) is 0 Å². The van der Waals surface area contributed by atoms with Crippen LogP contribution in [0.5, 0.6) is 5.75 Å². The molecule has 3 aromatic rings. The van der Waals surface area contributed by atoms with Crippen molar-refractivity contribution in [1.82, 2.24) is 5.32 Å². The Balaban J connectivity index is 1.56. The van der Waals surface area contributed by atoms with Gasteiger partial charge in [-0.2, -0.15) is 0 Å². The van der Waals surface area contributed by atoms with Gasteiger partial charge in [0, 0.05) is 18.7 Å². The summed E-state index contributed by atoms with van der Waals surface area (Å²) in [6.45, 7) is 1.11. The third-order valence-corrected chi connectivity index (χ3v) is 4.68. The van der Waals surface area contributed by atoms with Crippen molar-refractivity contribution in [2.45, 2.75) is 12.6 Å². The number of carbonyl (C=O) groups is 1. The zero-order valence-corrected chi connectivity index (χ0v) is 17.3. The number of primary amides is 1. The summed E-state index contributed by atoms with van der Waals surface area (Å²) in [6.07, 6.45) is 0.691. The number of benzene rings is 3. The normalized spacial score (nSPS) is 12.4. The van der Waals surface area contributed by atoms with Crippen LogP contribution in [0, 0.1) is 11.6 Å². The van der Waals surface area contributed by atoms with E-state index >= 15 is 0 Å². The molecule has 0 spiro atoms. The third kappa shape index (κ3) is 6.73. The smallest absolute Gasteiger partial charge is 0.249 e. The Morgan fingerprint density at radius 3 is 2.41 bits per heavy atom. The molecule has 7 heteroatoms. The summed E-state index contributed by atoms with van der Waals surface area (Å²) >= 11 is 0. The standard InChI is InChI=1S/C25H24F2N2O3/c26-23-11-6-18(13-24(23)27)12-22(25(28)31)19-7-9-21(10-8-19)32-16-20(30)15-29-14-17-4-2-1-3-5-17/h1-13,20,29-30H,14-16H2,(H2,28,31). The van der Waals surface area contributed by atoms with E-state index in [0.29, 0.717) is 30.0 Å². The molecule has 0 fully saturated rings. The first-order valence-corrected chi connectivity index (χ1v) is 10.0. The average Bonchev–Trinajstić information content (AvgIpc) is 2.79. The number of amides is 1. The van der Waals surface area contributed by atoms with E-state index in [4.69, 9.17) is 10.5 Å². The first kappa shape index (κ1) is 23.1. The molecule has 1 unspecified atom stereocenters. The van der Waals surface area contributed by atoms with E-state index in [1.54, 1.807) is 24.3 Å². The van der Waals surface area contributed by atoms with Crippen molar-refractivity contribution in [2.75, 3.05) is 13.2 Å². The fourth-order valence-electron chi connectivity index (χ4n) is 3.03. The third-order valence-electron chi connectivity index (χ3n) is 4.68. The lowest BCUT2D eigenvalue weighted by atomic mass is 10.0.